The average molecular weight is 317 g/mol. The first-order valence-electron chi connectivity index (χ1n) is 7.72. The van der Waals surface area contributed by atoms with Gasteiger partial charge in [-0.1, -0.05) is 23.7 Å². The molecule has 3 rings (SSSR count). The van der Waals surface area contributed by atoms with Crippen LogP contribution in [0.3, 0.4) is 0 Å². The second-order valence-electron chi connectivity index (χ2n) is 5.87. The molecule has 1 aromatic carbocycles. The SMILES string of the molecule is Cc1ccnc(NC2CCCN(Cc3ccc(Cl)cc3)C2)n1. The molecule has 1 atom stereocenters. The highest BCUT2D eigenvalue weighted by Crippen LogP contribution is 2.17. The zero-order valence-electron chi connectivity index (χ0n) is 12.8. The molecule has 0 amide bonds. The third-order valence-corrected chi connectivity index (χ3v) is 4.20. The van der Waals surface area contributed by atoms with Crippen molar-refractivity contribution in [2.24, 2.45) is 0 Å². The van der Waals surface area contributed by atoms with Gasteiger partial charge in [0.25, 0.3) is 0 Å². The lowest BCUT2D eigenvalue weighted by Crippen LogP contribution is -2.41. The van der Waals surface area contributed by atoms with Crippen molar-refractivity contribution in [1.29, 1.82) is 0 Å². The van der Waals surface area contributed by atoms with Gasteiger partial charge in [-0.05, 0) is 50.1 Å². The second-order valence-corrected chi connectivity index (χ2v) is 6.30. The van der Waals surface area contributed by atoms with Crippen molar-refractivity contribution < 1.29 is 0 Å². The number of aromatic nitrogens is 2. The first-order valence-corrected chi connectivity index (χ1v) is 8.10. The van der Waals surface area contributed by atoms with Gasteiger partial charge in [-0.25, -0.2) is 9.97 Å². The molecule has 0 saturated carbocycles. The Bertz CT molecular complexity index is 614. The number of hydrogen-bond donors (Lipinski definition) is 1. The third kappa shape index (κ3) is 4.18. The van der Waals surface area contributed by atoms with Crippen LogP contribution in [0, 0.1) is 6.92 Å². The van der Waals surface area contributed by atoms with E-state index in [4.69, 9.17) is 11.6 Å². The first-order chi connectivity index (χ1) is 10.7. The molecule has 2 heterocycles. The molecule has 0 spiro atoms. The van der Waals surface area contributed by atoms with Crippen LogP contribution in [0.1, 0.15) is 24.1 Å². The lowest BCUT2D eigenvalue weighted by atomic mass is 10.0. The molecule has 0 bridgehead atoms. The highest BCUT2D eigenvalue weighted by Gasteiger charge is 2.20. The molecule has 22 heavy (non-hydrogen) atoms. The minimum Gasteiger partial charge on any atom is -0.350 e. The quantitative estimate of drug-likeness (QED) is 0.937. The van der Waals surface area contributed by atoms with Gasteiger partial charge in [-0.3, -0.25) is 4.90 Å². The van der Waals surface area contributed by atoms with E-state index >= 15 is 0 Å². The van der Waals surface area contributed by atoms with Crippen molar-refractivity contribution in [3.63, 3.8) is 0 Å². The molecule has 4 nitrogen and oxygen atoms in total. The summed E-state index contributed by atoms with van der Waals surface area (Å²) in [4.78, 5) is 11.2. The van der Waals surface area contributed by atoms with Crippen molar-refractivity contribution in [3.8, 4) is 0 Å². The molecule has 0 radical (unpaired) electrons. The molecule has 1 aliphatic heterocycles. The Morgan fingerprint density at radius 1 is 1.27 bits per heavy atom. The molecule has 1 N–H and O–H groups in total. The van der Waals surface area contributed by atoms with E-state index in [-0.39, 0.29) is 0 Å². The van der Waals surface area contributed by atoms with E-state index in [1.807, 2.05) is 25.1 Å². The van der Waals surface area contributed by atoms with Crippen molar-refractivity contribution >= 4 is 17.5 Å². The zero-order valence-corrected chi connectivity index (χ0v) is 13.6. The number of hydrogen-bond acceptors (Lipinski definition) is 4. The summed E-state index contributed by atoms with van der Waals surface area (Å²) in [5, 5.41) is 4.25. The molecular weight excluding hydrogens is 296 g/mol. The third-order valence-electron chi connectivity index (χ3n) is 3.95. The van der Waals surface area contributed by atoms with Gasteiger partial charge < -0.3 is 5.32 Å². The highest BCUT2D eigenvalue weighted by atomic mass is 35.5. The van der Waals surface area contributed by atoms with Crippen LogP contribution in [0.5, 0.6) is 0 Å². The first kappa shape index (κ1) is 15.3. The number of halogens is 1. The molecule has 0 aliphatic carbocycles. The molecule has 1 saturated heterocycles. The van der Waals surface area contributed by atoms with Crippen LogP contribution in [0.2, 0.25) is 5.02 Å². The Kier molecular flexibility index (Phi) is 4.90. The Morgan fingerprint density at radius 2 is 2.09 bits per heavy atom. The van der Waals surface area contributed by atoms with Crippen molar-refractivity contribution in [1.82, 2.24) is 14.9 Å². The molecule has 1 aromatic heterocycles. The van der Waals surface area contributed by atoms with Crippen LogP contribution >= 0.6 is 11.6 Å². The van der Waals surface area contributed by atoms with Gasteiger partial charge in [0.15, 0.2) is 0 Å². The summed E-state index contributed by atoms with van der Waals surface area (Å²) in [5.41, 5.74) is 2.29. The monoisotopic (exact) mass is 316 g/mol. The summed E-state index contributed by atoms with van der Waals surface area (Å²) in [6.07, 6.45) is 4.16. The van der Waals surface area contributed by atoms with Gasteiger partial charge in [-0.15, -0.1) is 0 Å². The number of nitrogens with zero attached hydrogens (tertiary/aromatic N) is 3. The largest absolute Gasteiger partial charge is 0.350 e. The summed E-state index contributed by atoms with van der Waals surface area (Å²) < 4.78 is 0. The molecule has 5 heteroatoms. The lowest BCUT2D eigenvalue weighted by Gasteiger charge is -2.33. The maximum absolute atomic E-state index is 5.94. The predicted octanol–water partition coefficient (Wildman–Crippen LogP) is 3.51. The van der Waals surface area contributed by atoms with Crippen molar-refractivity contribution in [3.05, 3.63) is 52.8 Å². The maximum Gasteiger partial charge on any atom is 0.223 e. The fourth-order valence-corrected chi connectivity index (χ4v) is 2.99. The highest BCUT2D eigenvalue weighted by molar-refractivity contribution is 6.30. The Hall–Kier alpha value is -1.65. The number of anilines is 1. The number of benzene rings is 1. The van der Waals surface area contributed by atoms with Crippen molar-refractivity contribution in [2.75, 3.05) is 18.4 Å². The standard InChI is InChI=1S/C17H21ClN4/c1-13-8-9-19-17(20-13)21-16-3-2-10-22(12-16)11-14-4-6-15(18)7-5-14/h4-9,16H,2-3,10-12H2,1H3,(H,19,20,21). The topological polar surface area (TPSA) is 41.1 Å². The van der Waals surface area contributed by atoms with Gasteiger partial charge in [0.1, 0.15) is 0 Å². The minimum atomic E-state index is 0.405. The summed E-state index contributed by atoms with van der Waals surface area (Å²) in [6, 6.07) is 10.4. The Balaban J connectivity index is 1.58. The predicted molar refractivity (Wildman–Crippen MR) is 90.1 cm³/mol. The van der Waals surface area contributed by atoms with Crippen LogP contribution in [-0.4, -0.2) is 34.0 Å². The molecule has 1 unspecified atom stereocenters. The van der Waals surface area contributed by atoms with Gasteiger partial charge >= 0.3 is 0 Å². The van der Waals surface area contributed by atoms with E-state index < -0.39 is 0 Å². The average Bonchev–Trinajstić information content (AvgIpc) is 2.50. The van der Waals surface area contributed by atoms with Crippen LogP contribution in [0.15, 0.2) is 36.5 Å². The molecular formula is C17H21ClN4. The smallest absolute Gasteiger partial charge is 0.223 e. The number of nitrogens with one attached hydrogen (secondary N) is 1. The Labute approximate surface area is 136 Å². The fourth-order valence-electron chi connectivity index (χ4n) is 2.87. The molecule has 116 valence electrons. The summed E-state index contributed by atoms with van der Waals surface area (Å²) >= 11 is 5.94. The fraction of sp³-hybridized carbons (Fsp3) is 0.412. The number of likely N-dealkylation sites (tertiary alicyclic amines) is 1. The van der Waals surface area contributed by atoms with Crippen LogP contribution < -0.4 is 5.32 Å². The molecule has 2 aromatic rings. The summed E-state index contributed by atoms with van der Waals surface area (Å²) in [6.45, 7) is 5.10. The summed E-state index contributed by atoms with van der Waals surface area (Å²) in [7, 11) is 0. The van der Waals surface area contributed by atoms with Gasteiger partial charge in [-0.2, -0.15) is 0 Å². The second kappa shape index (κ2) is 7.07. The van der Waals surface area contributed by atoms with E-state index in [2.05, 4.69) is 32.3 Å². The van der Waals surface area contributed by atoms with E-state index in [0.717, 1.165) is 42.7 Å². The van der Waals surface area contributed by atoms with E-state index in [9.17, 15) is 0 Å². The van der Waals surface area contributed by atoms with Gasteiger partial charge in [0.2, 0.25) is 5.95 Å². The van der Waals surface area contributed by atoms with E-state index in [1.54, 1.807) is 6.20 Å². The summed E-state index contributed by atoms with van der Waals surface area (Å²) in [5.74, 6) is 0.735. The van der Waals surface area contributed by atoms with E-state index in [0.29, 0.717) is 6.04 Å². The Morgan fingerprint density at radius 3 is 2.86 bits per heavy atom. The van der Waals surface area contributed by atoms with E-state index in [1.165, 1.54) is 12.0 Å². The van der Waals surface area contributed by atoms with Crippen LogP contribution in [0.4, 0.5) is 5.95 Å². The van der Waals surface area contributed by atoms with Gasteiger partial charge in [0, 0.05) is 36.0 Å². The molecule has 1 fully saturated rings. The lowest BCUT2D eigenvalue weighted by molar-refractivity contribution is 0.208. The molecule has 1 aliphatic rings. The van der Waals surface area contributed by atoms with Gasteiger partial charge in [0.05, 0.1) is 0 Å². The number of piperidine rings is 1. The normalized spacial score (nSPS) is 19.1. The number of rotatable bonds is 4. The van der Waals surface area contributed by atoms with Crippen molar-refractivity contribution in [2.45, 2.75) is 32.4 Å². The maximum atomic E-state index is 5.94. The van der Waals surface area contributed by atoms with Crippen LogP contribution in [-0.2, 0) is 6.54 Å². The van der Waals surface area contributed by atoms with Crippen LogP contribution in [0.25, 0.3) is 0 Å². The minimum absolute atomic E-state index is 0.405. The number of aryl methyl sites for hydroxylation is 1. The zero-order chi connectivity index (χ0) is 15.4.